The Bertz CT molecular complexity index is 380. The number of para-hydroxylation sites is 2. The molecule has 0 bridgehead atoms. The monoisotopic (exact) mass is 240 g/mol. The molecule has 16 heavy (non-hydrogen) atoms. The molecule has 0 unspecified atom stereocenters. The van der Waals surface area contributed by atoms with Crippen LogP contribution in [0.4, 0.5) is 0 Å². The maximum Gasteiger partial charge on any atom is 0.313 e. The normalized spacial score (nSPS) is 18.1. The van der Waals surface area contributed by atoms with Crippen LogP contribution in [0.25, 0.3) is 0 Å². The number of fused-ring (bicyclic) bond motifs is 1. The molecule has 1 aromatic rings. The fourth-order valence-electron chi connectivity index (χ4n) is 1.42. The predicted molar refractivity (Wildman–Crippen MR) is 61.3 cm³/mol. The van der Waals surface area contributed by atoms with Crippen LogP contribution in [0, 0.1) is 0 Å². The van der Waals surface area contributed by atoms with Crippen LogP contribution in [0.15, 0.2) is 24.3 Å². The van der Waals surface area contributed by atoms with Crippen LogP contribution < -0.4 is 9.47 Å². The average Bonchev–Trinajstić information content (AvgIpc) is 2.28. The van der Waals surface area contributed by atoms with Crippen molar-refractivity contribution in [3.05, 3.63) is 24.3 Å². The van der Waals surface area contributed by atoms with Gasteiger partial charge in [-0.3, -0.25) is 4.79 Å². The number of benzene rings is 1. The van der Waals surface area contributed by atoms with E-state index in [9.17, 15) is 4.79 Å². The smallest absolute Gasteiger partial charge is 0.313 e. The third-order valence-corrected chi connectivity index (χ3v) is 3.16. The zero-order valence-corrected chi connectivity index (χ0v) is 9.40. The van der Waals surface area contributed by atoms with Crippen LogP contribution >= 0.6 is 11.8 Å². The van der Waals surface area contributed by atoms with Gasteiger partial charge in [-0.1, -0.05) is 12.1 Å². The Kier molecular flexibility index (Phi) is 3.56. The minimum atomic E-state index is -0.804. The zero-order valence-electron chi connectivity index (χ0n) is 8.59. The Morgan fingerprint density at radius 2 is 2.19 bits per heavy atom. The number of carboxylic acids is 1. The van der Waals surface area contributed by atoms with E-state index >= 15 is 0 Å². The highest BCUT2D eigenvalue weighted by Crippen LogP contribution is 2.31. The molecule has 1 N–H and O–H groups in total. The van der Waals surface area contributed by atoms with Crippen molar-refractivity contribution >= 4 is 17.7 Å². The molecule has 1 heterocycles. The van der Waals surface area contributed by atoms with Gasteiger partial charge in [0.1, 0.15) is 12.7 Å². The lowest BCUT2D eigenvalue weighted by molar-refractivity contribution is -0.133. The molecular weight excluding hydrogens is 228 g/mol. The second-order valence-corrected chi connectivity index (χ2v) is 4.44. The highest BCUT2D eigenvalue weighted by atomic mass is 32.2. The molecule has 0 aromatic heterocycles. The van der Waals surface area contributed by atoms with Gasteiger partial charge in [0.15, 0.2) is 11.5 Å². The Hall–Kier alpha value is -1.36. The number of aliphatic carboxylic acids is 1. The van der Waals surface area contributed by atoms with Crippen LogP contribution in [0.3, 0.4) is 0 Å². The van der Waals surface area contributed by atoms with Crippen molar-refractivity contribution in [3.63, 3.8) is 0 Å². The van der Waals surface area contributed by atoms with Gasteiger partial charge >= 0.3 is 5.97 Å². The first-order valence-electron chi connectivity index (χ1n) is 4.94. The number of carbonyl (C=O) groups is 1. The number of thioether (sulfide) groups is 1. The summed E-state index contributed by atoms with van der Waals surface area (Å²) >= 11 is 1.34. The molecule has 0 spiro atoms. The summed E-state index contributed by atoms with van der Waals surface area (Å²) in [7, 11) is 0. The molecule has 4 nitrogen and oxygen atoms in total. The summed E-state index contributed by atoms with van der Waals surface area (Å²) in [5, 5.41) is 8.51. The fraction of sp³-hybridized carbons (Fsp3) is 0.364. The third-order valence-electron chi connectivity index (χ3n) is 2.10. The molecule has 1 aliphatic rings. The number of rotatable bonds is 4. The summed E-state index contributed by atoms with van der Waals surface area (Å²) in [6.07, 6.45) is -0.0701. The van der Waals surface area contributed by atoms with Crippen molar-refractivity contribution in [2.75, 3.05) is 18.1 Å². The molecule has 0 saturated heterocycles. The minimum absolute atomic E-state index is 0.0701. The molecule has 1 atom stereocenters. The average molecular weight is 240 g/mol. The highest BCUT2D eigenvalue weighted by Gasteiger charge is 2.20. The fourth-order valence-corrected chi connectivity index (χ4v) is 2.14. The van der Waals surface area contributed by atoms with E-state index in [0.717, 1.165) is 11.5 Å². The lowest BCUT2D eigenvalue weighted by atomic mass is 10.3. The summed E-state index contributed by atoms with van der Waals surface area (Å²) in [6.45, 7) is 0.476. The minimum Gasteiger partial charge on any atom is -0.486 e. The van der Waals surface area contributed by atoms with Crippen LogP contribution in [-0.4, -0.2) is 35.3 Å². The quantitative estimate of drug-likeness (QED) is 0.867. The number of ether oxygens (including phenoxy) is 2. The Morgan fingerprint density at radius 1 is 1.44 bits per heavy atom. The Balaban J connectivity index is 1.86. The van der Waals surface area contributed by atoms with E-state index in [1.165, 1.54) is 11.8 Å². The zero-order chi connectivity index (χ0) is 11.4. The van der Waals surface area contributed by atoms with Crippen LogP contribution in [-0.2, 0) is 4.79 Å². The summed E-state index contributed by atoms with van der Waals surface area (Å²) < 4.78 is 11.2. The molecule has 5 heteroatoms. The summed E-state index contributed by atoms with van der Waals surface area (Å²) in [6, 6.07) is 7.48. The molecule has 0 amide bonds. The van der Waals surface area contributed by atoms with Gasteiger partial charge in [0, 0.05) is 5.75 Å². The molecular formula is C11H12O4S. The summed E-state index contributed by atoms with van der Waals surface area (Å²) in [4.78, 5) is 10.3. The van der Waals surface area contributed by atoms with Crippen molar-refractivity contribution in [2.45, 2.75) is 6.10 Å². The molecule has 1 aromatic carbocycles. The third kappa shape index (κ3) is 2.82. The lowest BCUT2D eigenvalue weighted by Crippen LogP contribution is -2.31. The number of hydrogen-bond donors (Lipinski definition) is 1. The molecule has 0 fully saturated rings. The highest BCUT2D eigenvalue weighted by molar-refractivity contribution is 7.99. The molecule has 86 valence electrons. The van der Waals surface area contributed by atoms with Gasteiger partial charge in [-0.2, -0.15) is 0 Å². The van der Waals surface area contributed by atoms with Gasteiger partial charge in [0.05, 0.1) is 5.75 Å². The van der Waals surface area contributed by atoms with Crippen molar-refractivity contribution in [3.8, 4) is 11.5 Å². The van der Waals surface area contributed by atoms with Crippen LogP contribution in [0.2, 0.25) is 0 Å². The second kappa shape index (κ2) is 5.12. The van der Waals surface area contributed by atoms with E-state index in [1.54, 1.807) is 0 Å². The van der Waals surface area contributed by atoms with Crippen molar-refractivity contribution in [1.29, 1.82) is 0 Å². The predicted octanol–water partition coefficient (Wildman–Crippen LogP) is 1.64. The van der Waals surface area contributed by atoms with Crippen molar-refractivity contribution < 1.29 is 19.4 Å². The van der Waals surface area contributed by atoms with Gasteiger partial charge in [-0.25, -0.2) is 0 Å². The van der Waals surface area contributed by atoms with Gasteiger partial charge in [-0.15, -0.1) is 11.8 Å². The molecule has 2 rings (SSSR count). The molecule has 0 aliphatic carbocycles. The lowest BCUT2D eigenvalue weighted by Gasteiger charge is -2.25. The van der Waals surface area contributed by atoms with Gasteiger partial charge in [0.25, 0.3) is 0 Å². The van der Waals surface area contributed by atoms with E-state index < -0.39 is 5.97 Å². The van der Waals surface area contributed by atoms with E-state index in [0.29, 0.717) is 12.4 Å². The summed E-state index contributed by atoms with van der Waals surface area (Å²) in [5.74, 6) is 1.40. The van der Waals surface area contributed by atoms with E-state index in [-0.39, 0.29) is 11.9 Å². The first-order chi connectivity index (χ1) is 7.75. The Morgan fingerprint density at radius 3 is 2.94 bits per heavy atom. The standard InChI is InChI=1S/C11H12O4S/c12-11(13)7-16-6-8-5-14-9-3-1-2-4-10(9)15-8/h1-4,8H,5-7H2,(H,12,13)/t8-/m1/s1. The topological polar surface area (TPSA) is 55.8 Å². The van der Waals surface area contributed by atoms with E-state index in [2.05, 4.69) is 0 Å². The number of hydrogen-bond acceptors (Lipinski definition) is 4. The van der Waals surface area contributed by atoms with Crippen molar-refractivity contribution in [1.82, 2.24) is 0 Å². The van der Waals surface area contributed by atoms with Crippen molar-refractivity contribution in [2.24, 2.45) is 0 Å². The van der Waals surface area contributed by atoms with E-state index in [4.69, 9.17) is 14.6 Å². The first-order valence-corrected chi connectivity index (χ1v) is 6.09. The Labute approximate surface area is 97.6 Å². The van der Waals surface area contributed by atoms with E-state index in [1.807, 2.05) is 24.3 Å². The molecule has 1 aliphatic heterocycles. The maximum absolute atomic E-state index is 10.3. The van der Waals surface area contributed by atoms with Gasteiger partial charge in [-0.05, 0) is 12.1 Å². The van der Waals surface area contributed by atoms with Crippen LogP contribution in [0.5, 0.6) is 11.5 Å². The molecule has 0 radical (unpaired) electrons. The SMILES string of the molecule is O=C(O)CSC[C@H]1COc2ccccc2O1. The number of carboxylic acid groups (broad SMARTS) is 1. The maximum atomic E-state index is 10.3. The summed E-state index contributed by atoms with van der Waals surface area (Å²) in [5.41, 5.74) is 0. The van der Waals surface area contributed by atoms with Crippen LogP contribution in [0.1, 0.15) is 0 Å². The largest absolute Gasteiger partial charge is 0.486 e. The van der Waals surface area contributed by atoms with Gasteiger partial charge in [0.2, 0.25) is 0 Å². The van der Waals surface area contributed by atoms with Gasteiger partial charge < -0.3 is 14.6 Å². The molecule has 0 saturated carbocycles. The second-order valence-electron chi connectivity index (χ2n) is 3.41. The first kappa shape index (κ1) is 11.1.